The number of hydrogen-bond acceptors (Lipinski definition) is 9. The minimum atomic E-state index is -0.232. The van der Waals surface area contributed by atoms with Gasteiger partial charge in [0.05, 0.1) is 23.3 Å². The predicted molar refractivity (Wildman–Crippen MR) is 203 cm³/mol. The van der Waals surface area contributed by atoms with Gasteiger partial charge in [-0.25, -0.2) is 0 Å². The van der Waals surface area contributed by atoms with E-state index < -0.39 is 0 Å². The van der Waals surface area contributed by atoms with Crippen LogP contribution in [0, 0.1) is 25.2 Å². The molecule has 1 aliphatic heterocycles. The molecule has 1 fully saturated rings. The van der Waals surface area contributed by atoms with E-state index in [1.54, 1.807) is 18.3 Å². The number of aliphatic hydroxyl groups is 1. The van der Waals surface area contributed by atoms with Crippen LogP contribution >= 0.6 is 11.6 Å². The van der Waals surface area contributed by atoms with E-state index in [-0.39, 0.29) is 25.2 Å². The summed E-state index contributed by atoms with van der Waals surface area (Å²) < 4.78 is 18.8. The summed E-state index contributed by atoms with van der Waals surface area (Å²) in [5.74, 6) is 1.68. The monoisotopic (exact) mass is 723 g/mol. The number of pyridine rings is 1. The molecule has 3 aromatic carbocycles. The largest absolute Gasteiger partial charge is 0.493 e. The Bertz CT molecular complexity index is 1890. The number of halogens is 1. The molecule has 0 saturated carbocycles. The number of likely N-dealkylation sites (tertiary alicyclic amines) is 1. The van der Waals surface area contributed by atoms with E-state index >= 15 is 0 Å². The van der Waals surface area contributed by atoms with Gasteiger partial charge in [0.2, 0.25) is 5.91 Å². The van der Waals surface area contributed by atoms with E-state index in [2.05, 4.69) is 59.1 Å². The Labute approximate surface area is 311 Å². The van der Waals surface area contributed by atoms with Crippen molar-refractivity contribution in [2.45, 2.75) is 52.6 Å². The minimum Gasteiger partial charge on any atom is -0.493 e. The molecule has 0 spiro atoms. The minimum absolute atomic E-state index is 0.192. The lowest BCUT2D eigenvalue weighted by molar-refractivity contribution is -0.116. The first-order chi connectivity index (χ1) is 25.2. The van der Waals surface area contributed by atoms with Gasteiger partial charge in [-0.05, 0) is 78.8 Å². The lowest BCUT2D eigenvalue weighted by atomic mass is 9.93. The highest BCUT2D eigenvalue weighted by molar-refractivity contribution is 6.32. The molecule has 1 unspecified atom stereocenters. The molecular formula is C41H46ClN5O5. The fraction of sp³-hybridized carbons (Fsp3) is 0.341. The zero-order valence-electron chi connectivity index (χ0n) is 29.8. The number of ether oxygens (including phenoxy) is 3. The number of benzene rings is 3. The molecule has 0 radical (unpaired) electrons. The lowest BCUT2D eigenvalue weighted by Crippen LogP contribution is -2.30. The number of aromatic nitrogens is 1. The number of nitriles is 1. The number of rotatable bonds is 18. The normalized spacial score (nSPS) is 14.1. The third kappa shape index (κ3) is 10.6. The summed E-state index contributed by atoms with van der Waals surface area (Å²) in [4.78, 5) is 17.9. The number of carbonyl (C=O) groups is 1. The molecule has 52 heavy (non-hydrogen) atoms. The second kappa shape index (κ2) is 19.1. The van der Waals surface area contributed by atoms with Gasteiger partial charge in [-0.1, -0.05) is 48.5 Å². The van der Waals surface area contributed by atoms with Crippen molar-refractivity contribution in [3.63, 3.8) is 0 Å². The van der Waals surface area contributed by atoms with Crippen molar-refractivity contribution in [1.29, 1.82) is 5.26 Å². The van der Waals surface area contributed by atoms with E-state index in [9.17, 15) is 15.2 Å². The van der Waals surface area contributed by atoms with Gasteiger partial charge in [-0.15, -0.1) is 0 Å². The van der Waals surface area contributed by atoms with Crippen LogP contribution in [0.4, 0.5) is 0 Å². The molecule has 1 saturated heterocycles. The number of amides is 1. The van der Waals surface area contributed by atoms with Crippen molar-refractivity contribution < 1.29 is 24.1 Å². The molecule has 3 N–H and O–H groups in total. The molecule has 1 amide bonds. The SMILES string of the molecule is C=CC(=O)NCCNCc1cc(Cl)c(OCc2cccc(-c3cccc(OCCCN4CCC(O)C4)c3C)c2C)cc1OCc1cncc(C#N)c1. The summed E-state index contributed by atoms with van der Waals surface area (Å²) in [6.07, 6.45) is 5.94. The van der Waals surface area contributed by atoms with E-state index in [0.717, 1.165) is 77.2 Å². The smallest absolute Gasteiger partial charge is 0.243 e. The van der Waals surface area contributed by atoms with E-state index in [0.29, 0.717) is 48.3 Å². The third-order valence-electron chi connectivity index (χ3n) is 9.06. The Balaban J connectivity index is 1.27. The first-order valence-electron chi connectivity index (χ1n) is 17.5. The highest BCUT2D eigenvalue weighted by Crippen LogP contribution is 2.36. The fourth-order valence-electron chi connectivity index (χ4n) is 6.15. The average molecular weight is 724 g/mol. The lowest BCUT2D eigenvalue weighted by Gasteiger charge is -2.19. The highest BCUT2D eigenvalue weighted by atomic mass is 35.5. The van der Waals surface area contributed by atoms with Crippen LogP contribution in [0.2, 0.25) is 5.02 Å². The predicted octanol–water partition coefficient (Wildman–Crippen LogP) is 6.28. The van der Waals surface area contributed by atoms with Gasteiger partial charge in [-0.2, -0.15) is 5.26 Å². The molecule has 0 bridgehead atoms. The maximum atomic E-state index is 11.5. The van der Waals surface area contributed by atoms with Gasteiger partial charge in [0.1, 0.15) is 36.5 Å². The molecule has 1 aliphatic rings. The van der Waals surface area contributed by atoms with E-state index in [1.165, 1.54) is 12.3 Å². The standard InChI is InChI=1S/C41H46ClN5O5/c1-4-41(49)46-14-13-44-24-33-19-37(42)40(20-39(33)51-26-31-18-30(21-43)22-45-23-31)52-27-32-8-5-9-35(28(32)2)36-10-6-11-38(29(36)3)50-17-7-15-47-16-12-34(48)25-47/h4-6,8-11,18-20,22-23,34,44,48H,1,7,12-17,24-27H2,2-3H3,(H,46,49). The summed E-state index contributed by atoms with van der Waals surface area (Å²) in [5.41, 5.74) is 7.40. The summed E-state index contributed by atoms with van der Waals surface area (Å²) in [6, 6.07) is 19.8. The van der Waals surface area contributed by atoms with Crippen LogP contribution in [0.5, 0.6) is 17.2 Å². The first kappa shape index (κ1) is 38.3. The molecule has 1 aromatic heterocycles. The maximum Gasteiger partial charge on any atom is 0.243 e. The average Bonchev–Trinajstić information content (AvgIpc) is 3.58. The second-order valence-electron chi connectivity index (χ2n) is 12.8. The molecule has 10 nitrogen and oxygen atoms in total. The summed E-state index contributed by atoms with van der Waals surface area (Å²) in [5, 5.41) is 25.6. The quantitative estimate of drug-likeness (QED) is 0.0803. The van der Waals surface area contributed by atoms with Gasteiger partial charge in [-0.3, -0.25) is 9.78 Å². The van der Waals surface area contributed by atoms with Crippen molar-refractivity contribution in [3.8, 4) is 34.4 Å². The molecule has 272 valence electrons. The van der Waals surface area contributed by atoms with Crippen molar-refractivity contribution in [3.05, 3.63) is 118 Å². The number of aliphatic hydroxyl groups excluding tert-OH is 1. The second-order valence-corrected chi connectivity index (χ2v) is 13.2. The van der Waals surface area contributed by atoms with Crippen LogP contribution in [-0.2, 0) is 24.6 Å². The van der Waals surface area contributed by atoms with Crippen LogP contribution in [0.1, 0.15) is 46.2 Å². The fourth-order valence-corrected chi connectivity index (χ4v) is 6.39. The Kier molecular flexibility index (Phi) is 14.0. The topological polar surface area (TPSA) is 129 Å². The molecule has 4 aromatic rings. The Hall–Kier alpha value is -4.92. The number of β-amino-alcohol motifs (C(OH)–C–C–N with tert-alkyl or cyclic N) is 1. The third-order valence-corrected chi connectivity index (χ3v) is 9.36. The van der Waals surface area contributed by atoms with E-state index in [4.69, 9.17) is 25.8 Å². The summed E-state index contributed by atoms with van der Waals surface area (Å²) in [6.45, 7) is 12.7. The zero-order chi connectivity index (χ0) is 36.9. The molecule has 5 rings (SSSR count). The molecule has 0 aliphatic carbocycles. The Morgan fingerprint density at radius 1 is 1.02 bits per heavy atom. The highest BCUT2D eigenvalue weighted by Gasteiger charge is 2.20. The van der Waals surface area contributed by atoms with Crippen molar-refractivity contribution in [1.82, 2.24) is 20.5 Å². The first-order valence-corrected chi connectivity index (χ1v) is 17.9. The number of hydrogen-bond donors (Lipinski definition) is 3. The molecule has 1 atom stereocenters. The van der Waals surface area contributed by atoms with Crippen LogP contribution in [0.3, 0.4) is 0 Å². The van der Waals surface area contributed by atoms with E-state index in [1.807, 2.05) is 30.3 Å². The van der Waals surface area contributed by atoms with Gasteiger partial charge in [0.15, 0.2) is 0 Å². The summed E-state index contributed by atoms with van der Waals surface area (Å²) >= 11 is 6.78. The number of nitrogens with one attached hydrogen (secondary N) is 2. The number of nitrogens with zero attached hydrogens (tertiary/aromatic N) is 3. The van der Waals surface area contributed by atoms with Crippen molar-refractivity contribution in [2.24, 2.45) is 0 Å². The van der Waals surface area contributed by atoms with Crippen molar-refractivity contribution in [2.75, 3.05) is 39.3 Å². The van der Waals surface area contributed by atoms with Gasteiger partial charge in [0, 0.05) is 68.9 Å². The zero-order valence-corrected chi connectivity index (χ0v) is 30.5. The summed E-state index contributed by atoms with van der Waals surface area (Å²) in [7, 11) is 0. The van der Waals surface area contributed by atoms with Crippen LogP contribution in [-0.4, -0.2) is 66.3 Å². The Morgan fingerprint density at radius 3 is 2.58 bits per heavy atom. The molecule has 11 heteroatoms. The Morgan fingerprint density at radius 2 is 1.81 bits per heavy atom. The molecular weight excluding hydrogens is 678 g/mol. The van der Waals surface area contributed by atoms with Gasteiger partial charge >= 0.3 is 0 Å². The number of carbonyl (C=O) groups excluding carboxylic acids is 1. The van der Waals surface area contributed by atoms with Crippen LogP contribution < -0.4 is 24.8 Å². The van der Waals surface area contributed by atoms with Crippen LogP contribution in [0.15, 0.2) is 79.6 Å². The van der Waals surface area contributed by atoms with Crippen molar-refractivity contribution >= 4 is 17.5 Å². The van der Waals surface area contributed by atoms with Gasteiger partial charge < -0.3 is 34.9 Å². The van der Waals surface area contributed by atoms with Gasteiger partial charge in [0.25, 0.3) is 0 Å². The maximum absolute atomic E-state index is 11.5. The molecule has 2 heterocycles. The van der Waals surface area contributed by atoms with Crippen LogP contribution in [0.25, 0.3) is 11.1 Å².